The maximum Gasteiger partial charge on any atom is 0.186 e. The molecule has 0 aliphatic carbocycles. The summed E-state index contributed by atoms with van der Waals surface area (Å²) in [6.45, 7) is -1.42. The molecular formula is C15H28O13. The molecule has 2 aliphatic heterocycles. The molecule has 13 nitrogen and oxygen atoms in total. The van der Waals surface area contributed by atoms with E-state index >= 15 is 0 Å². The Balaban J connectivity index is 1.99. The van der Waals surface area contributed by atoms with Gasteiger partial charge in [-0.15, -0.1) is 0 Å². The van der Waals surface area contributed by atoms with Crippen molar-refractivity contribution in [1.82, 2.24) is 0 Å². The Bertz CT molecular complexity index is 479. The molecule has 12 atom stereocenters. The lowest BCUT2D eigenvalue weighted by molar-refractivity contribution is -0.328. The summed E-state index contributed by atoms with van der Waals surface area (Å²) in [6.07, 6.45) is -19.1. The molecule has 28 heavy (non-hydrogen) atoms. The second kappa shape index (κ2) is 9.99. The molecule has 166 valence electrons. The Morgan fingerprint density at radius 2 is 1.18 bits per heavy atom. The molecule has 0 unspecified atom stereocenters. The van der Waals surface area contributed by atoms with E-state index in [-0.39, 0.29) is 0 Å². The van der Waals surface area contributed by atoms with Crippen molar-refractivity contribution in [2.75, 3.05) is 20.3 Å². The molecule has 2 saturated heterocycles. The summed E-state index contributed by atoms with van der Waals surface area (Å²) in [5.74, 6) is 0. The second-order valence-electron chi connectivity index (χ2n) is 6.77. The first kappa shape index (κ1) is 23.8. The van der Waals surface area contributed by atoms with E-state index in [0.29, 0.717) is 0 Å². The lowest BCUT2D eigenvalue weighted by Gasteiger charge is -2.43. The average Bonchev–Trinajstić information content (AvgIpc) is 2.69. The monoisotopic (exact) mass is 416 g/mol. The maximum absolute atomic E-state index is 10.2. The SMILES string of the molecule is CO[C@H]1O[C@H]([C@@H](O)CO[C@H]2O[C@H]([C@@H](O)CO)[C@@H](O)[C@H](O)[C@@H]2O)[C@@H](O)[C@H](O)[C@@H]1O. The summed E-state index contributed by atoms with van der Waals surface area (Å²) < 4.78 is 20.3. The average molecular weight is 416 g/mol. The van der Waals surface area contributed by atoms with Crippen molar-refractivity contribution in [3.8, 4) is 0 Å². The minimum absolute atomic E-state index is 0.631. The summed E-state index contributed by atoms with van der Waals surface area (Å²) >= 11 is 0. The van der Waals surface area contributed by atoms with Crippen molar-refractivity contribution in [2.24, 2.45) is 0 Å². The van der Waals surface area contributed by atoms with E-state index in [4.69, 9.17) is 24.1 Å². The Morgan fingerprint density at radius 3 is 1.68 bits per heavy atom. The van der Waals surface area contributed by atoms with Gasteiger partial charge in [0.25, 0.3) is 0 Å². The first-order valence-corrected chi connectivity index (χ1v) is 8.64. The lowest BCUT2D eigenvalue weighted by atomic mass is 9.95. The van der Waals surface area contributed by atoms with Gasteiger partial charge in [0.05, 0.1) is 13.2 Å². The molecule has 2 fully saturated rings. The van der Waals surface area contributed by atoms with Crippen LogP contribution in [0.4, 0.5) is 0 Å². The van der Waals surface area contributed by atoms with Crippen LogP contribution in [0.2, 0.25) is 0 Å². The Kier molecular flexibility index (Phi) is 8.48. The van der Waals surface area contributed by atoms with E-state index in [2.05, 4.69) is 0 Å². The summed E-state index contributed by atoms with van der Waals surface area (Å²) in [5, 5.41) is 88.0. The fraction of sp³-hybridized carbons (Fsp3) is 1.00. The summed E-state index contributed by atoms with van der Waals surface area (Å²) in [5.41, 5.74) is 0. The van der Waals surface area contributed by atoms with Gasteiger partial charge >= 0.3 is 0 Å². The van der Waals surface area contributed by atoms with Gasteiger partial charge < -0.3 is 64.9 Å². The highest BCUT2D eigenvalue weighted by Crippen LogP contribution is 2.27. The maximum atomic E-state index is 10.2. The third-order valence-electron chi connectivity index (χ3n) is 4.82. The van der Waals surface area contributed by atoms with Gasteiger partial charge in [-0.25, -0.2) is 0 Å². The fourth-order valence-corrected chi connectivity index (χ4v) is 3.11. The highest BCUT2D eigenvalue weighted by molar-refractivity contribution is 4.94. The smallest absolute Gasteiger partial charge is 0.186 e. The van der Waals surface area contributed by atoms with Gasteiger partial charge in [0.2, 0.25) is 0 Å². The predicted octanol–water partition coefficient (Wildman–Crippen LogP) is -6.02. The molecule has 2 rings (SSSR count). The quantitative estimate of drug-likeness (QED) is 0.189. The zero-order valence-electron chi connectivity index (χ0n) is 15.0. The van der Waals surface area contributed by atoms with Crippen molar-refractivity contribution < 1.29 is 64.9 Å². The summed E-state index contributed by atoms with van der Waals surface area (Å²) in [4.78, 5) is 0. The molecule has 2 aliphatic rings. The van der Waals surface area contributed by atoms with Gasteiger partial charge in [-0.2, -0.15) is 0 Å². The Hall–Kier alpha value is -0.520. The van der Waals surface area contributed by atoms with Gasteiger partial charge in [0, 0.05) is 7.11 Å². The van der Waals surface area contributed by atoms with Crippen LogP contribution in [0.15, 0.2) is 0 Å². The number of hydrogen-bond acceptors (Lipinski definition) is 13. The Morgan fingerprint density at radius 1 is 0.714 bits per heavy atom. The summed E-state index contributed by atoms with van der Waals surface area (Å²) in [6, 6.07) is 0. The van der Waals surface area contributed by atoms with Crippen LogP contribution in [0, 0.1) is 0 Å². The lowest BCUT2D eigenvalue weighted by Crippen LogP contribution is -2.63. The molecular weight excluding hydrogens is 388 g/mol. The minimum atomic E-state index is -1.77. The predicted molar refractivity (Wildman–Crippen MR) is 85.4 cm³/mol. The number of rotatable bonds is 7. The van der Waals surface area contributed by atoms with E-state index in [9.17, 15) is 40.9 Å². The second-order valence-corrected chi connectivity index (χ2v) is 6.77. The van der Waals surface area contributed by atoms with Crippen LogP contribution in [-0.2, 0) is 18.9 Å². The van der Waals surface area contributed by atoms with Crippen LogP contribution in [0.5, 0.6) is 0 Å². The van der Waals surface area contributed by atoms with E-state index in [1.54, 1.807) is 0 Å². The zero-order valence-corrected chi connectivity index (χ0v) is 15.0. The van der Waals surface area contributed by atoms with E-state index in [0.717, 1.165) is 0 Å². The number of aliphatic hydroxyl groups is 9. The van der Waals surface area contributed by atoms with Crippen molar-refractivity contribution in [3.05, 3.63) is 0 Å². The first-order valence-electron chi connectivity index (χ1n) is 8.64. The topological polar surface area (TPSA) is 219 Å². The molecule has 2 heterocycles. The fourth-order valence-electron chi connectivity index (χ4n) is 3.11. The van der Waals surface area contributed by atoms with E-state index in [1.165, 1.54) is 7.11 Å². The highest BCUT2D eigenvalue weighted by Gasteiger charge is 2.49. The van der Waals surface area contributed by atoms with Crippen LogP contribution in [0.25, 0.3) is 0 Å². The molecule has 0 aromatic carbocycles. The number of hydrogen-bond donors (Lipinski definition) is 9. The normalized spacial score (nSPS) is 46.9. The van der Waals surface area contributed by atoms with Crippen LogP contribution in [0.1, 0.15) is 0 Å². The van der Waals surface area contributed by atoms with Gasteiger partial charge in [-0.1, -0.05) is 0 Å². The van der Waals surface area contributed by atoms with E-state index < -0.39 is 86.8 Å². The zero-order chi connectivity index (χ0) is 21.2. The molecule has 13 heteroatoms. The third kappa shape index (κ3) is 4.79. The van der Waals surface area contributed by atoms with Crippen molar-refractivity contribution >= 4 is 0 Å². The minimum Gasteiger partial charge on any atom is -0.394 e. The van der Waals surface area contributed by atoms with Crippen LogP contribution < -0.4 is 0 Å². The van der Waals surface area contributed by atoms with Crippen molar-refractivity contribution in [3.63, 3.8) is 0 Å². The molecule has 0 amide bonds. The van der Waals surface area contributed by atoms with Crippen LogP contribution in [0.3, 0.4) is 0 Å². The van der Waals surface area contributed by atoms with Crippen molar-refractivity contribution in [1.29, 1.82) is 0 Å². The van der Waals surface area contributed by atoms with Gasteiger partial charge in [-0.05, 0) is 0 Å². The first-order chi connectivity index (χ1) is 13.1. The molecule has 0 spiro atoms. The van der Waals surface area contributed by atoms with Gasteiger partial charge in [-0.3, -0.25) is 0 Å². The highest BCUT2D eigenvalue weighted by atomic mass is 16.7. The molecule has 0 radical (unpaired) electrons. The number of ether oxygens (including phenoxy) is 4. The van der Waals surface area contributed by atoms with Crippen LogP contribution in [-0.4, -0.2) is 140 Å². The van der Waals surface area contributed by atoms with Gasteiger partial charge in [0.1, 0.15) is 61.0 Å². The number of methoxy groups -OCH3 is 1. The Labute approximate surface area is 159 Å². The standard InChI is InChI=1S/C15H28O13/c1-25-14-10(23)6(19)9(22)13(27-14)5(18)3-26-15-11(24)7(20)8(21)12(28-15)4(17)2-16/h4-24H,2-3H2,1H3/t4-,5-,6-,7-,8-,9-,10-,11-,12+,13+,14-,15-/m0/s1. The number of aliphatic hydroxyl groups excluding tert-OH is 9. The van der Waals surface area contributed by atoms with E-state index in [1.807, 2.05) is 0 Å². The molecule has 0 bridgehead atoms. The molecule has 0 saturated carbocycles. The van der Waals surface area contributed by atoms with Crippen molar-refractivity contribution in [2.45, 2.75) is 73.6 Å². The largest absolute Gasteiger partial charge is 0.394 e. The van der Waals surface area contributed by atoms with Crippen LogP contribution >= 0.6 is 0 Å². The molecule has 9 N–H and O–H groups in total. The third-order valence-corrected chi connectivity index (χ3v) is 4.82. The molecule has 0 aromatic heterocycles. The van der Waals surface area contributed by atoms with Gasteiger partial charge in [0.15, 0.2) is 12.6 Å². The molecule has 0 aromatic rings. The summed E-state index contributed by atoms with van der Waals surface area (Å²) in [7, 11) is 1.18.